The molecule has 1 aromatic carbocycles. The molecular weight excluding hydrogens is 428 g/mol. The number of aromatic nitrogens is 5. The number of hydrogen-bond acceptors (Lipinski definition) is 6. The van der Waals surface area contributed by atoms with Gasteiger partial charge in [-0.3, -0.25) is 9.48 Å². The molecule has 6 rings (SSSR count). The van der Waals surface area contributed by atoms with E-state index in [4.69, 9.17) is 15.8 Å². The van der Waals surface area contributed by atoms with Crippen LogP contribution in [0.15, 0.2) is 36.5 Å². The van der Waals surface area contributed by atoms with Gasteiger partial charge < -0.3 is 15.5 Å². The number of nitrogens with zero attached hydrogens (tertiary/aromatic N) is 7. The average molecular weight is 459 g/mol. The lowest BCUT2D eigenvalue weighted by atomic mass is 9.98. The summed E-state index contributed by atoms with van der Waals surface area (Å²) in [7, 11) is 1.88. The van der Waals surface area contributed by atoms with Gasteiger partial charge >= 0.3 is 0 Å². The molecule has 2 fully saturated rings. The van der Waals surface area contributed by atoms with Gasteiger partial charge in [0.2, 0.25) is 0 Å². The van der Waals surface area contributed by atoms with E-state index in [2.05, 4.69) is 16.9 Å². The molecule has 0 saturated carbocycles. The number of carbonyl (C=O) groups excluding carboxylic acids is 1. The molecule has 2 aliphatic rings. The van der Waals surface area contributed by atoms with Crippen LogP contribution in [0.25, 0.3) is 16.6 Å². The van der Waals surface area contributed by atoms with Gasteiger partial charge in [0, 0.05) is 55.9 Å². The number of piperidine rings is 1. The third-order valence-corrected chi connectivity index (χ3v) is 7.21. The van der Waals surface area contributed by atoms with E-state index in [1.165, 1.54) is 0 Å². The summed E-state index contributed by atoms with van der Waals surface area (Å²) in [6.07, 6.45) is 5.95. The summed E-state index contributed by atoms with van der Waals surface area (Å²) >= 11 is 0. The number of para-hydroxylation sites is 1. The van der Waals surface area contributed by atoms with E-state index in [9.17, 15) is 4.79 Å². The lowest BCUT2D eigenvalue weighted by Gasteiger charge is -2.34. The van der Waals surface area contributed by atoms with Gasteiger partial charge in [0.25, 0.3) is 5.91 Å². The molecule has 0 bridgehead atoms. The first-order valence-electron chi connectivity index (χ1n) is 12.1. The molecule has 3 aromatic heterocycles. The maximum atomic E-state index is 13.7. The highest BCUT2D eigenvalue weighted by atomic mass is 16.2. The Morgan fingerprint density at radius 3 is 2.79 bits per heavy atom. The zero-order valence-corrected chi connectivity index (χ0v) is 19.7. The van der Waals surface area contributed by atoms with Crippen LogP contribution in [0, 0.1) is 6.92 Å². The molecule has 2 atom stereocenters. The Morgan fingerprint density at radius 2 is 1.97 bits per heavy atom. The molecule has 9 heteroatoms. The Morgan fingerprint density at radius 1 is 1.12 bits per heavy atom. The van der Waals surface area contributed by atoms with Crippen LogP contribution in [0.2, 0.25) is 0 Å². The minimum atomic E-state index is -0.0901. The number of fused-ring (bicyclic) bond motifs is 2. The Bertz CT molecular complexity index is 1390. The molecule has 2 aliphatic heterocycles. The average Bonchev–Trinajstić information content (AvgIpc) is 3.55. The highest BCUT2D eigenvalue weighted by Gasteiger charge is 2.33. The summed E-state index contributed by atoms with van der Waals surface area (Å²) in [5, 5.41) is 10.3. The first-order valence-corrected chi connectivity index (χ1v) is 12.1. The fourth-order valence-corrected chi connectivity index (χ4v) is 5.47. The fraction of sp³-hybridized carbons (Fsp3) is 0.440. The molecule has 0 unspecified atom stereocenters. The molecule has 0 spiro atoms. The van der Waals surface area contributed by atoms with E-state index in [0.29, 0.717) is 12.2 Å². The van der Waals surface area contributed by atoms with E-state index in [-0.39, 0.29) is 18.0 Å². The normalized spacial score (nSPS) is 21.1. The van der Waals surface area contributed by atoms with Crippen LogP contribution in [0.1, 0.15) is 53.5 Å². The number of rotatable bonds is 3. The van der Waals surface area contributed by atoms with E-state index < -0.39 is 0 Å². The Kier molecular flexibility index (Phi) is 5.02. The number of anilines is 1. The first kappa shape index (κ1) is 21.1. The van der Waals surface area contributed by atoms with Crippen LogP contribution in [-0.2, 0) is 7.05 Å². The van der Waals surface area contributed by atoms with Crippen molar-refractivity contribution in [3.8, 4) is 0 Å². The van der Waals surface area contributed by atoms with Crippen LogP contribution >= 0.6 is 0 Å². The molecule has 176 valence electrons. The van der Waals surface area contributed by atoms with E-state index in [0.717, 1.165) is 72.4 Å². The van der Waals surface area contributed by atoms with E-state index >= 15 is 0 Å². The van der Waals surface area contributed by atoms with Crippen LogP contribution < -0.4 is 10.6 Å². The Hall–Kier alpha value is -3.46. The third kappa shape index (κ3) is 3.42. The lowest BCUT2D eigenvalue weighted by molar-refractivity contribution is 0.0600. The standard InChI is InChI=1S/C25H30N8O/c1-16-14-33-22(27-24(16)31-12-10-17(26)15-31)13-19(28-33)21-9-5-6-11-32(21)25(34)23-18-7-3-4-8-20(18)30(2)29-23/h3-4,7-8,13-14,17,21H,5-6,9-12,15,26H2,1-2H3/t17-,21-/m0/s1. The summed E-state index contributed by atoms with van der Waals surface area (Å²) < 4.78 is 3.63. The minimum Gasteiger partial charge on any atom is -0.355 e. The van der Waals surface area contributed by atoms with Gasteiger partial charge in [-0.2, -0.15) is 10.2 Å². The number of carbonyl (C=O) groups is 1. The molecule has 2 N–H and O–H groups in total. The zero-order valence-electron chi connectivity index (χ0n) is 19.7. The molecule has 0 radical (unpaired) electrons. The number of aryl methyl sites for hydroxylation is 2. The van der Waals surface area contributed by atoms with Crippen molar-refractivity contribution in [1.82, 2.24) is 29.3 Å². The van der Waals surface area contributed by atoms with E-state index in [1.54, 1.807) is 4.68 Å². The number of amides is 1. The summed E-state index contributed by atoms with van der Waals surface area (Å²) in [6.45, 7) is 4.52. The van der Waals surface area contributed by atoms with E-state index in [1.807, 2.05) is 53.0 Å². The molecule has 9 nitrogen and oxygen atoms in total. The number of likely N-dealkylation sites (tertiary alicyclic amines) is 1. The molecule has 5 heterocycles. The summed E-state index contributed by atoms with van der Waals surface area (Å²) in [6, 6.07) is 10.0. The Labute approximate surface area is 198 Å². The maximum Gasteiger partial charge on any atom is 0.275 e. The van der Waals surface area contributed by atoms with Gasteiger partial charge in [-0.1, -0.05) is 18.2 Å². The number of hydrogen-bond donors (Lipinski definition) is 1. The fourth-order valence-electron chi connectivity index (χ4n) is 5.47. The Balaban J connectivity index is 1.35. The second-order valence-electron chi connectivity index (χ2n) is 9.61. The van der Waals surface area contributed by atoms with Gasteiger partial charge in [0.1, 0.15) is 5.82 Å². The maximum absolute atomic E-state index is 13.7. The van der Waals surface area contributed by atoms with Crippen LogP contribution in [-0.4, -0.2) is 60.9 Å². The molecule has 1 amide bonds. The predicted octanol–water partition coefficient (Wildman–Crippen LogP) is 2.83. The lowest BCUT2D eigenvalue weighted by Crippen LogP contribution is -2.39. The largest absolute Gasteiger partial charge is 0.355 e. The van der Waals surface area contributed by atoms with Crippen molar-refractivity contribution in [1.29, 1.82) is 0 Å². The van der Waals surface area contributed by atoms with Crippen molar-refractivity contribution in [3.63, 3.8) is 0 Å². The number of nitrogens with two attached hydrogens (primary N) is 1. The topological polar surface area (TPSA) is 97.6 Å². The molecular formula is C25H30N8O. The second-order valence-corrected chi connectivity index (χ2v) is 9.61. The van der Waals surface area contributed by atoms with Crippen molar-refractivity contribution in [2.24, 2.45) is 12.8 Å². The van der Waals surface area contributed by atoms with Gasteiger partial charge in [0.05, 0.1) is 17.3 Å². The highest BCUT2D eigenvalue weighted by molar-refractivity contribution is 6.05. The molecule has 2 saturated heterocycles. The van der Waals surface area contributed by atoms with Crippen molar-refractivity contribution >= 4 is 28.3 Å². The van der Waals surface area contributed by atoms with Gasteiger partial charge in [-0.05, 0) is 38.7 Å². The summed E-state index contributed by atoms with van der Waals surface area (Å²) in [5.41, 5.74) is 10.4. The van der Waals surface area contributed by atoms with Crippen LogP contribution in [0.4, 0.5) is 5.82 Å². The van der Waals surface area contributed by atoms with Crippen molar-refractivity contribution < 1.29 is 4.79 Å². The van der Waals surface area contributed by atoms with Gasteiger partial charge in [0.15, 0.2) is 11.3 Å². The zero-order chi connectivity index (χ0) is 23.4. The summed E-state index contributed by atoms with van der Waals surface area (Å²) in [5.74, 6) is 0.942. The quantitative estimate of drug-likeness (QED) is 0.507. The van der Waals surface area contributed by atoms with Gasteiger partial charge in [-0.25, -0.2) is 9.50 Å². The van der Waals surface area contributed by atoms with Crippen molar-refractivity contribution in [2.75, 3.05) is 24.5 Å². The predicted molar refractivity (Wildman–Crippen MR) is 131 cm³/mol. The third-order valence-electron chi connectivity index (χ3n) is 7.21. The molecule has 34 heavy (non-hydrogen) atoms. The number of benzene rings is 1. The highest BCUT2D eigenvalue weighted by Crippen LogP contribution is 2.33. The first-order chi connectivity index (χ1) is 16.5. The van der Waals surface area contributed by atoms with Gasteiger partial charge in [-0.15, -0.1) is 0 Å². The van der Waals surface area contributed by atoms with Crippen LogP contribution in [0.3, 0.4) is 0 Å². The molecule has 0 aliphatic carbocycles. The monoisotopic (exact) mass is 458 g/mol. The second kappa shape index (κ2) is 8.09. The smallest absolute Gasteiger partial charge is 0.275 e. The summed E-state index contributed by atoms with van der Waals surface area (Å²) in [4.78, 5) is 22.9. The van der Waals surface area contributed by atoms with Crippen molar-refractivity contribution in [2.45, 2.75) is 44.7 Å². The van der Waals surface area contributed by atoms with Crippen molar-refractivity contribution in [3.05, 3.63) is 53.5 Å². The SMILES string of the molecule is Cc1cn2nc([C@@H]3CCCCN3C(=O)c3nn(C)c4ccccc34)cc2nc1N1CC[C@H](N)C1. The molecule has 4 aromatic rings. The van der Waals surface area contributed by atoms with Crippen LogP contribution in [0.5, 0.6) is 0 Å². The minimum absolute atomic E-state index is 0.0329.